The highest BCUT2D eigenvalue weighted by molar-refractivity contribution is 6.04. The number of benzene rings is 6. The van der Waals surface area contributed by atoms with Crippen LogP contribution in [-0.4, -0.2) is 138 Å². The Hall–Kier alpha value is -12.1. The summed E-state index contributed by atoms with van der Waals surface area (Å²) in [6.07, 6.45) is 1.61. The lowest BCUT2D eigenvalue weighted by Gasteiger charge is -2.35. The number of fused-ring (bicyclic) bond motifs is 12. The number of aliphatic hydroxyl groups is 2. The Morgan fingerprint density at radius 2 is 0.314 bits per heavy atom. The van der Waals surface area contributed by atoms with Gasteiger partial charge in [0.25, 0.3) is 0 Å². The third-order valence-electron chi connectivity index (χ3n) is 20.1. The van der Waals surface area contributed by atoms with Crippen molar-refractivity contribution < 1.29 is 167 Å². The zero-order chi connectivity index (χ0) is 85.7. The van der Waals surface area contributed by atoms with E-state index < -0.39 is 98.6 Å². The van der Waals surface area contributed by atoms with Gasteiger partial charge < -0.3 is 138 Å². The van der Waals surface area contributed by atoms with Gasteiger partial charge in [0.15, 0.2) is 185 Å². The normalized spacial score (nSPS) is 21.0. The van der Waals surface area contributed by atoms with Crippen molar-refractivity contribution in [1.29, 1.82) is 0 Å². The number of esters is 3. The van der Waals surface area contributed by atoms with E-state index in [1.165, 1.54) is 21.3 Å². The van der Waals surface area contributed by atoms with Crippen molar-refractivity contribution in [2.24, 2.45) is 0 Å². The molecule has 628 valence electrons. The van der Waals surface area contributed by atoms with Crippen LogP contribution in [0.2, 0.25) is 0 Å². The van der Waals surface area contributed by atoms with Crippen LogP contribution in [0, 0.1) is 0 Å². The van der Waals surface area contributed by atoms with Crippen molar-refractivity contribution in [3.63, 3.8) is 0 Å². The van der Waals surface area contributed by atoms with Gasteiger partial charge in [-0.25, -0.2) is 14.4 Å². The van der Waals surface area contributed by atoms with Gasteiger partial charge in [-0.05, 0) is 0 Å². The zero-order valence-corrected chi connectivity index (χ0v) is 69.6. The molecular formula is C83H86O35. The molecule has 12 aliphatic heterocycles. The summed E-state index contributed by atoms with van der Waals surface area (Å²) < 4.78 is 170. The van der Waals surface area contributed by atoms with Gasteiger partial charge in [0, 0.05) is 166 Å². The standard InChI is InChI=1S/C43H46O19.C40H40O16/c1-37(2)51-22-16(34(44)48-13)23-29(58-38(3,4)52-23)19(28(22)57-37)43(47,20-30-24(53-39(5,6)59-30)17(35(45)49-14)25-31(20)60-40(7,8)54-25)21-32-26(55-41(9,10)61-32)18(36(46)50-15)27-33(21)62-42(11,12)56-27;1-34(2)45-22-16(13-41)23-29(52-35(3,4)46-23)19(28(22)51-34)40(44,20-30-24(47-36(5,6)53-30)17(14-42)25-31(20)54-37(7,8)48-25)21-32-26(49-38(9,10)55-32)18(15-43)27-33(21)56-39(11,12)50-27/h47H,1-15H3;13-15,44H,1-12H3. The van der Waals surface area contributed by atoms with Gasteiger partial charge in [0.05, 0.1) is 54.7 Å². The Balaban J connectivity index is 0.000000170. The Kier molecular flexibility index (Phi) is 15.7. The topological polar surface area (TPSA) is 392 Å². The Labute approximate surface area is 673 Å². The number of ether oxygens (including phenoxy) is 27. The minimum atomic E-state index is -2.93. The smallest absolute Gasteiger partial charge is 0.345 e. The maximum absolute atomic E-state index is 14.9. The third-order valence-corrected chi connectivity index (χ3v) is 20.1. The van der Waals surface area contributed by atoms with Gasteiger partial charge in [-0.15, -0.1) is 0 Å². The summed E-state index contributed by atoms with van der Waals surface area (Å²) in [6, 6.07) is 0. The van der Waals surface area contributed by atoms with Crippen LogP contribution in [0.5, 0.6) is 138 Å². The Bertz CT molecular complexity index is 4820. The maximum Gasteiger partial charge on any atom is 0.345 e. The lowest BCUT2D eigenvalue weighted by Crippen LogP contribution is -2.37. The van der Waals surface area contributed by atoms with Crippen LogP contribution in [0.25, 0.3) is 0 Å². The summed E-state index contributed by atoms with van der Waals surface area (Å²) in [6.45, 7) is 38.3. The van der Waals surface area contributed by atoms with E-state index in [0.717, 1.165) is 0 Å². The van der Waals surface area contributed by atoms with E-state index in [1.54, 1.807) is 166 Å². The van der Waals surface area contributed by atoms with Crippen molar-refractivity contribution in [1.82, 2.24) is 0 Å². The highest BCUT2D eigenvalue weighted by Crippen LogP contribution is 2.75. The molecule has 0 radical (unpaired) electrons. The number of rotatable bonds is 12. The van der Waals surface area contributed by atoms with Crippen LogP contribution < -0.4 is 114 Å². The lowest BCUT2D eigenvalue weighted by molar-refractivity contribution is -0.0582. The molecular weight excluding hydrogens is 1560 g/mol. The molecule has 35 heteroatoms. The fourth-order valence-corrected chi connectivity index (χ4v) is 16.4. The lowest BCUT2D eigenvalue weighted by atomic mass is 9.75. The van der Waals surface area contributed by atoms with Crippen LogP contribution in [0.3, 0.4) is 0 Å². The maximum atomic E-state index is 14.9. The highest BCUT2D eigenvalue weighted by Gasteiger charge is 2.66. The molecule has 0 aromatic heterocycles. The van der Waals surface area contributed by atoms with E-state index in [2.05, 4.69) is 0 Å². The van der Waals surface area contributed by atoms with Crippen molar-refractivity contribution in [2.45, 2.75) is 247 Å². The molecule has 12 aliphatic rings. The van der Waals surface area contributed by atoms with Gasteiger partial charge in [0.2, 0.25) is 69.4 Å². The summed E-state index contributed by atoms with van der Waals surface area (Å²) in [5, 5.41) is 29.6. The van der Waals surface area contributed by atoms with E-state index in [1.807, 2.05) is 0 Å². The highest BCUT2D eigenvalue weighted by atomic mass is 16.8. The predicted molar refractivity (Wildman–Crippen MR) is 397 cm³/mol. The molecule has 18 rings (SSSR count). The number of carbonyl (C=O) groups is 6. The van der Waals surface area contributed by atoms with Crippen molar-refractivity contribution in [3.8, 4) is 138 Å². The fraction of sp³-hybridized carbons (Fsp3) is 0.494. The Morgan fingerprint density at radius 3 is 0.424 bits per heavy atom. The second-order valence-electron chi connectivity index (χ2n) is 35.0. The molecule has 6 aromatic carbocycles. The van der Waals surface area contributed by atoms with Crippen LogP contribution >= 0.6 is 0 Å². The molecule has 118 heavy (non-hydrogen) atoms. The number of aldehydes is 3. The zero-order valence-electron chi connectivity index (χ0n) is 69.6. The quantitative estimate of drug-likeness (QED) is 0.0497. The molecule has 12 heterocycles. The van der Waals surface area contributed by atoms with Crippen molar-refractivity contribution >= 4 is 36.8 Å². The molecule has 0 spiro atoms. The third kappa shape index (κ3) is 11.3. The van der Waals surface area contributed by atoms with Crippen molar-refractivity contribution in [3.05, 3.63) is 66.8 Å². The first kappa shape index (κ1) is 78.4. The van der Waals surface area contributed by atoms with Gasteiger partial charge in [-0.2, -0.15) is 0 Å². The van der Waals surface area contributed by atoms with E-state index in [0.29, 0.717) is 18.9 Å². The molecule has 0 atom stereocenters. The van der Waals surface area contributed by atoms with Crippen LogP contribution in [-0.2, 0) is 25.4 Å². The largest absolute Gasteiger partial charge is 0.465 e. The first-order chi connectivity index (χ1) is 54.4. The summed E-state index contributed by atoms with van der Waals surface area (Å²) in [5.74, 6) is -24.4. The summed E-state index contributed by atoms with van der Waals surface area (Å²) in [5.41, 5.74) is -8.02. The van der Waals surface area contributed by atoms with Gasteiger partial charge >= 0.3 is 17.9 Å². The number of hydrogen-bond donors (Lipinski definition) is 2. The second kappa shape index (κ2) is 23.6. The summed E-state index contributed by atoms with van der Waals surface area (Å²) >= 11 is 0. The monoisotopic (exact) mass is 1640 g/mol. The van der Waals surface area contributed by atoms with Gasteiger partial charge in [-0.3, -0.25) is 14.4 Å². The average Bonchev–Trinajstić information content (AvgIpc) is 1.45. The van der Waals surface area contributed by atoms with Crippen LogP contribution in [0.4, 0.5) is 0 Å². The molecule has 35 nitrogen and oxygen atoms in total. The first-order valence-electron chi connectivity index (χ1n) is 37.5. The molecule has 0 unspecified atom stereocenters. The number of carbonyl (C=O) groups excluding carboxylic acids is 6. The predicted octanol–water partition coefficient (Wildman–Crippen LogP) is 12.8. The first-order valence-corrected chi connectivity index (χ1v) is 37.5. The van der Waals surface area contributed by atoms with E-state index in [4.69, 9.17) is 128 Å². The van der Waals surface area contributed by atoms with Gasteiger partial charge in [-0.1, -0.05) is 0 Å². The summed E-state index contributed by atoms with van der Waals surface area (Å²) in [7, 11) is 3.53. The molecule has 0 fully saturated rings. The molecule has 0 saturated carbocycles. The molecule has 0 aliphatic carbocycles. The SMILES string of the molecule is CC1(C)Oc2c(C=O)c3c(c(C(O)(c4c5c(c(C=O)c6c4OC(C)(C)O6)OC(C)(C)O5)c4c5c(c(C=O)c6c4OC(C)(C)O6)OC(C)(C)O5)c2O1)OC(C)(C)O3.COC(=O)c1c2c(c(C(O)(c3c4c(c(C(=O)OC)c5c3OC(C)(C)O5)OC(C)(C)O4)c3c4c(c(C(=O)OC)c5c3OC(C)(C)O5)OC(C)(C)O4)c3c1OC(C)(C)O3)OC(C)(C)O2. The Morgan fingerprint density at radius 1 is 0.212 bits per heavy atom. The van der Waals surface area contributed by atoms with E-state index in [9.17, 15) is 39.0 Å². The van der Waals surface area contributed by atoms with Crippen LogP contribution in [0.1, 0.15) is 262 Å². The van der Waals surface area contributed by atoms with Crippen molar-refractivity contribution in [2.75, 3.05) is 21.3 Å². The summed E-state index contributed by atoms with van der Waals surface area (Å²) in [4.78, 5) is 80.3. The second-order valence-corrected chi connectivity index (χ2v) is 35.0. The average molecular weight is 1640 g/mol. The van der Waals surface area contributed by atoms with Crippen LogP contribution in [0.15, 0.2) is 0 Å². The van der Waals surface area contributed by atoms with Gasteiger partial charge in [0.1, 0.15) is 16.7 Å². The molecule has 2 N–H and O–H groups in total. The number of methoxy groups -OCH3 is 3. The molecule has 6 aromatic rings. The molecule has 0 saturated heterocycles. The minimum Gasteiger partial charge on any atom is -0.465 e. The number of hydrogen-bond acceptors (Lipinski definition) is 35. The van der Waals surface area contributed by atoms with E-state index in [-0.39, 0.29) is 205 Å². The molecule has 0 bridgehead atoms. The minimum absolute atomic E-state index is 0.0568. The van der Waals surface area contributed by atoms with E-state index >= 15 is 0 Å². The fourth-order valence-electron chi connectivity index (χ4n) is 16.4. The molecule has 0 amide bonds.